The molecular formula is C13H17ClN2O2. The monoisotopic (exact) mass is 268 g/mol. The lowest BCUT2D eigenvalue weighted by Crippen LogP contribution is -2.37. The molecule has 0 fully saturated rings. The van der Waals surface area contributed by atoms with Crippen molar-refractivity contribution in [2.75, 3.05) is 6.54 Å². The van der Waals surface area contributed by atoms with E-state index >= 15 is 0 Å². The maximum absolute atomic E-state index is 12.0. The average molecular weight is 269 g/mol. The Hall–Kier alpha value is -1.55. The molecule has 0 spiro atoms. The van der Waals surface area contributed by atoms with Crippen LogP contribution in [0.3, 0.4) is 0 Å². The lowest BCUT2D eigenvalue weighted by Gasteiger charge is -2.20. The van der Waals surface area contributed by atoms with Crippen molar-refractivity contribution in [2.24, 2.45) is 11.7 Å². The molecule has 0 bridgehead atoms. The summed E-state index contributed by atoms with van der Waals surface area (Å²) in [6.45, 7) is 3.75. The summed E-state index contributed by atoms with van der Waals surface area (Å²) in [7, 11) is 0. The molecule has 0 aromatic heterocycles. The summed E-state index contributed by atoms with van der Waals surface area (Å²) < 4.78 is 0. The highest BCUT2D eigenvalue weighted by Gasteiger charge is 2.24. The average Bonchev–Trinajstić information content (AvgIpc) is 2.29. The Balaban J connectivity index is 2.85. The van der Waals surface area contributed by atoms with E-state index in [0.717, 1.165) is 5.56 Å². The standard InChI is InChI=1S/C13H17ClN2O2/c1-8(2)12(13(18)16-7-11(15)17)9-3-5-10(14)6-4-9/h3-6,8,12H,7H2,1-2H3,(H2,15,17)(H,16,18). The molecule has 0 radical (unpaired) electrons. The summed E-state index contributed by atoms with van der Waals surface area (Å²) in [4.78, 5) is 22.7. The molecule has 0 saturated carbocycles. The van der Waals surface area contributed by atoms with E-state index in [9.17, 15) is 9.59 Å². The Morgan fingerprint density at radius 2 is 1.83 bits per heavy atom. The summed E-state index contributed by atoms with van der Waals surface area (Å²) in [5, 5.41) is 3.15. The fraction of sp³-hybridized carbons (Fsp3) is 0.385. The van der Waals surface area contributed by atoms with Gasteiger partial charge in [-0.1, -0.05) is 37.6 Å². The number of carbonyl (C=O) groups excluding carboxylic acids is 2. The minimum atomic E-state index is -0.554. The molecule has 18 heavy (non-hydrogen) atoms. The number of primary amides is 1. The van der Waals surface area contributed by atoms with E-state index in [4.69, 9.17) is 17.3 Å². The first-order chi connectivity index (χ1) is 8.41. The summed E-state index contributed by atoms with van der Waals surface area (Å²) in [5.41, 5.74) is 5.88. The van der Waals surface area contributed by atoms with Crippen LogP contribution in [0.15, 0.2) is 24.3 Å². The first kappa shape index (κ1) is 14.5. The van der Waals surface area contributed by atoms with Crippen LogP contribution in [0.5, 0.6) is 0 Å². The number of nitrogens with two attached hydrogens (primary N) is 1. The predicted octanol–water partition coefficient (Wildman–Crippen LogP) is 1.68. The van der Waals surface area contributed by atoms with E-state index < -0.39 is 5.91 Å². The molecule has 2 amide bonds. The Labute approximate surface area is 112 Å². The van der Waals surface area contributed by atoms with Gasteiger partial charge in [-0.15, -0.1) is 0 Å². The van der Waals surface area contributed by atoms with Crippen LogP contribution < -0.4 is 11.1 Å². The fourth-order valence-corrected chi connectivity index (χ4v) is 1.92. The van der Waals surface area contributed by atoms with Crippen LogP contribution in [0.2, 0.25) is 5.02 Å². The van der Waals surface area contributed by atoms with Gasteiger partial charge in [-0.2, -0.15) is 0 Å². The lowest BCUT2D eigenvalue weighted by molar-refractivity contribution is -0.126. The Morgan fingerprint density at radius 1 is 1.28 bits per heavy atom. The molecule has 1 aromatic rings. The molecule has 3 N–H and O–H groups in total. The Morgan fingerprint density at radius 3 is 2.28 bits per heavy atom. The van der Waals surface area contributed by atoms with Crippen LogP contribution in [0, 0.1) is 5.92 Å². The fourth-order valence-electron chi connectivity index (χ4n) is 1.79. The summed E-state index contributed by atoms with van der Waals surface area (Å²) in [6.07, 6.45) is 0. The minimum absolute atomic E-state index is 0.110. The molecule has 1 atom stereocenters. The van der Waals surface area contributed by atoms with Gasteiger partial charge in [0.05, 0.1) is 12.5 Å². The number of hydrogen-bond acceptors (Lipinski definition) is 2. The quantitative estimate of drug-likeness (QED) is 0.853. The topological polar surface area (TPSA) is 72.2 Å². The molecule has 4 nitrogen and oxygen atoms in total. The molecule has 0 aliphatic rings. The van der Waals surface area contributed by atoms with Gasteiger partial charge in [0, 0.05) is 5.02 Å². The zero-order valence-electron chi connectivity index (χ0n) is 10.4. The van der Waals surface area contributed by atoms with E-state index in [1.807, 2.05) is 26.0 Å². The van der Waals surface area contributed by atoms with E-state index in [1.54, 1.807) is 12.1 Å². The van der Waals surface area contributed by atoms with Gasteiger partial charge in [-0.05, 0) is 23.6 Å². The molecule has 1 unspecified atom stereocenters. The zero-order valence-corrected chi connectivity index (χ0v) is 11.2. The van der Waals surface area contributed by atoms with Crippen molar-refractivity contribution in [3.63, 3.8) is 0 Å². The third-order valence-electron chi connectivity index (χ3n) is 2.62. The van der Waals surface area contributed by atoms with Crippen molar-refractivity contribution in [2.45, 2.75) is 19.8 Å². The van der Waals surface area contributed by atoms with Gasteiger partial charge in [0.1, 0.15) is 0 Å². The molecular weight excluding hydrogens is 252 g/mol. The number of hydrogen-bond donors (Lipinski definition) is 2. The molecule has 0 heterocycles. The van der Waals surface area contributed by atoms with Gasteiger partial charge in [-0.3, -0.25) is 9.59 Å². The first-order valence-electron chi connectivity index (χ1n) is 5.73. The van der Waals surface area contributed by atoms with E-state index in [0.29, 0.717) is 5.02 Å². The van der Waals surface area contributed by atoms with E-state index in [1.165, 1.54) is 0 Å². The van der Waals surface area contributed by atoms with Gasteiger partial charge in [0.2, 0.25) is 11.8 Å². The third-order valence-corrected chi connectivity index (χ3v) is 2.87. The smallest absolute Gasteiger partial charge is 0.236 e. The molecule has 0 saturated heterocycles. The molecule has 5 heteroatoms. The normalized spacial score (nSPS) is 12.2. The van der Waals surface area contributed by atoms with Gasteiger partial charge in [-0.25, -0.2) is 0 Å². The molecule has 1 rings (SSSR count). The number of rotatable bonds is 5. The number of carbonyl (C=O) groups is 2. The van der Waals surface area contributed by atoms with Crippen LogP contribution in [-0.2, 0) is 9.59 Å². The van der Waals surface area contributed by atoms with Crippen molar-refractivity contribution < 1.29 is 9.59 Å². The summed E-state index contributed by atoms with van der Waals surface area (Å²) in [5.74, 6) is -0.964. The van der Waals surface area contributed by atoms with Crippen LogP contribution in [0.1, 0.15) is 25.3 Å². The van der Waals surface area contributed by atoms with E-state index in [2.05, 4.69) is 5.32 Å². The maximum Gasteiger partial charge on any atom is 0.236 e. The van der Waals surface area contributed by atoms with Crippen molar-refractivity contribution in [3.8, 4) is 0 Å². The van der Waals surface area contributed by atoms with Crippen molar-refractivity contribution in [3.05, 3.63) is 34.9 Å². The second kappa shape index (κ2) is 6.40. The van der Waals surface area contributed by atoms with Crippen LogP contribution >= 0.6 is 11.6 Å². The van der Waals surface area contributed by atoms with Crippen LogP contribution in [0.25, 0.3) is 0 Å². The van der Waals surface area contributed by atoms with Gasteiger partial charge in [0.25, 0.3) is 0 Å². The number of halogens is 1. The van der Waals surface area contributed by atoms with Crippen LogP contribution in [0.4, 0.5) is 0 Å². The lowest BCUT2D eigenvalue weighted by atomic mass is 9.87. The minimum Gasteiger partial charge on any atom is -0.368 e. The number of amides is 2. The number of benzene rings is 1. The highest BCUT2D eigenvalue weighted by molar-refractivity contribution is 6.30. The highest BCUT2D eigenvalue weighted by Crippen LogP contribution is 2.25. The van der Waals surface area contributed by atoms with Gasteiger partial charge in [0.15, 0.2) is 0 Å². The molecule has 0 aliphatic heterocycles. The third kappa shape index (κ3) is 4.04. The summed E-state index contributed by atoms with van der Waals surface area (Å²) >= 11 is 5.82. The van der Waals surface area contributed by atoms with Gasteiger partial charge < -0.3 is 11.1 Å². The summed E-state index contributed by atoms with van der Waals surface area (Å²) in [6, 6.07) is 7.12. The van der Waals surface area contributed by atoms with Gasteiger partial charge >= 0.3 is 0 Å². The molecule has 1 aromatic carbocycles. The van der Waals surface area contributed by atoms with Crippen LogP contribution in [-0.4, -0.2) is 18.4 Å². The molecule has 98 valence electrons. The largest absolute Gasteiger partial charge is 0.368 e. The zero-order chi connectivity index (χ0) is 13.7. The van der Waals surface area contributed by atoms with Crippen molar-refractivity contribution >= 4 is 23.4 Å². The second-order valence-corrected chi connectivity index (χ2v) is 4.89. The molecule has 0 aliphatic carbocycles. The van der Waals surface area contributed by atoms with Crippen molar-refractivity contribution in [1.29, 1.82) is 0 Å². The predicted molar refractivity (Wildman–Crippen MR) is 71.2 cm³/mol. The Bertz CT molecular complexity index is 429. The maximum atomic E-state index is 12.0. The number of nitrogens with one attached hydrogen (secondary N) is 1. The first-order valence-corrected chi connectivity index (χ1v) is 6.11. The highest BCUT2D eigenvalue weighted by atomic mass is 35.5. The SMILES string of the molecule is CC(C)C(C(=O)NCC(N)=O)c1ccc(Cl)cc1. The van der Waals surface area contributed by atoms with Crippen molar-refractivity contribution in [1.82, 2.24) is 5.32 Å². The Kier molecular flexibility index (Phi) is 5.16. The second-order valence-electron chi connectivity index (χ2n) is 4.46. The van der Waals surface area contributed by atoms with E-state index in [-0.39, 0.29) is 24.3 Å².